The normalized spacial score (nSPS) is 13.3. The van der Waals surface area contributed by atoms with Crippen molar-refractivity contribution < 1.29 is 5.11 Å². The second-order valence-electron chi connectivity index (χ2n) is 14.8. The predicted molar refractivity (Wildman–Crippen MR) is 196 cm³/mol. The smallest absolute Gasteiger partial charge is 0.0580 e. The van der Waals surface area contributed by atoms with Gasteiger partial charge in [-0.2, -0.15) is 0 Å². The largest absolute Gasteiger partial charge is 0.393 e. The summed E-state index contributed by atoms with van der Waals surface area (Å²) in [4.78, 5) is 2.29. The van der Waals surface area contributed by atoms with Crippen LogP contribution in [0, 0.1) is 5.92 Å². The average Bonchev–Trinajstić information content (AvgIpc) is 2.99. The van der Waals surface area contributed by atoms with Crippen LogP contribution in [0.1, 0.15) is 232 Å². The Balaban J connectivity index is 3.58. The second-order valence-corrected chi connectivity index (χ2v) is 14.8. The third kappa shape index (κ3) is 34.6. The Bertz CT molecular complexity index is 492. The Morgan fingerprint density at radius 1 is 0.349 bits per heavy atom. The van der Waals surface area contributed by atoms with Crippen molar-refractivity contribution >= 4 is 0 Å². The second kappa shape index (κ2) is 36.4. The fraction of sp³-hybridized carbons (Fsp3) is 1.00. The summed E-state index contributed by atoms with van der Waals surface area (Å²) in [5.41, 5.74) is 0. The van der Waals surface area contributed by atoms with Crippen LogP contribution in [-0.4, -0.2) is 36.8 Å². The van der Waals surface area contributed by atoms with Crippen LogP contribution in [0.5, 0.6) is 0 Å². The summed E-state index contributed by atoms with van der Waals surface area (Å²) >= 11 is 0. The van der Waals surface area contributed by atoms with E-state index in [0.717, 1.165) is 13.0 Å². The summed E-state index contributed by atoms with van der Waals surface area (Å²) in [5.74, 6) is 0.456. The van der Waals surface area contributed by atoms with Crippen LogP contribution in [0.4, 0.5) is 0 Å². The van der Waals surface area contributed by atoms with E-state index in [4.69, 9.17) is 0 Å². The first-order valence-corrected chi connectivity index (χ1v) is 20.4. The Labute approximate surface area is 274 Å². The summed E-state index contributed by atoms with van der Waals surface area (Å²) in [7, 11) is 4.34. The van der Waals surface area contributed by atoms with E-state index in [9.17, 15) is 5.11 Å². The maximum atomic E-state index is 11.0. The molecular formula is C41H85NO. The van der Waals surface area contributed by atoms with Gasteiger partial charge in [0.05, 0.1) is 6.10 Å². The van der Waals surface area contributed by atoms with Crippen molar-refractivity contribution in [2.75, 3.05) is 20.6 Å². The fourth-order valence-electron chi connectivity index (χ4n) is 6.97. The zero-order chi connectivity index (χ0) is 31.5. The molecule has 0 aliphatic rings. The highest BCUT2D eigenvalue weighted by Gasteiger charge is 2.19. The van der Waals surface area contributed by atoms with Gasteiger partial charge >= 0.3 is 0 Å². The summed E-state index contributed by atoms with van der Waals surface area (Å²) in [6.45, 7) is 5.64. The standard InChI is InChI=1S/C41H85NO/c1-5-7-9-11-13-15-17-19-21-23-25-27-29-31-33-35-37-40(39-42(3)4)41(43)38-36-34-32-30-28-26-24-22-20-18-16-14-12-10-8-6-2/h40-41,43H,5-39H2,1-4H3. The number of rotatable bonds is 37. The van der Waals surface area contributed by atoms with Gasteiger partial charge in [-0.1, -0.05) is 219 Å². The van der Waals surface area contributed by atoms with Crippen LogP contribution in [0.3, 0.4) is 0 Å². The number of unbranched alkanes of at least 4 members (excludes halogenated alkanes) is 30. The van der Waals surface area contributed by atoms with Crippen molar-refractivity contribution in [1.29, 1.82) is 0 Å². The molecule has 0 fully saturated rings. The molecule has 0 saturated heterocycles. The van der Waals surface area contributed by atoms with Crippen molar-refractivity contribution in [2.24, 2.45) is 5.92 Å². The minimum absolute atomic E-state index is 0.106. The number of nitrogens with zero attached hydrogens (tertiary/aromatic N) is 1. The molecule has 0 spiro atoms. The van der Waals surface area contributed by atoms with Gasteiger partial charge in [0.15, 0.2) is 0 Å². The topological polar surface area (TPSA) is 23.5 Å². The van der Waals surface area contributed by atoms with Crippen LogP contribution < -0.4 is 0 Å². The highest BCUT2D eigenvalue weighted by Crippen LogP contribution is 2.22. The van der Waals surface area contributed by atoms with Gasteiger partial charge in [0, 0.05) is 6.54 Å². The molecule has 0 bridgehead atoms. The lowest BCUT2D eigenvalue weighted by atomic mass is 9.91. The molecule has 2 heteroatoms. The van der Waals surface area contributed by atoms with Gasteiger partial charge in [-0.15, -0.1) is 0 Å². The third-order valence-corrected chi connectivity index (χ3v) is 9.93. The molecule has 0 radical (unpaired) electrons. The van der Waals surface area contributed by atoms with Gasteiger partial charge in [-0.05, 0) is 32.9 Å². The first-order chi connectivity index (χ1) is 21.1. The average molecular weight is 608 g/mol. The highest BCUT2D eigenvalue weighted by molar-refractivity contribution is 4.72. The van der Waals surface area contributed by atoms with Crippen LogP contribution in [-0.2, 0) is 0 Å². The zero-order valence-corrected chi connectivity index (χ0v) is 30.8. The molecule has 0 aliphatic heterocycles. The molecule has 1 N–H and O–H groups in total. The highest BCUT2D eigenvalue weighted by atomic mass is 16.3. The molecule has 0 heterocycles. The van der Waals surface area contributed by atoms with Crippen LogP contribution in [0.25, 0.3) is 0 Å². The lowest BCUT2D eigenvalue weighted by Crippen LogP contribution is -2.31. The van der Waals surface area contributed by atoms with Crippen molar-refractivity contribution in [1.82, 2.24) is 4.90 Å². The van der Waals surface area contributed by atoms with Gasteiger partial charge < -0.3 is 10.0 Å². The predicted octanol–water partition coefficient (Wildman–Crippen LogP) is 13.8. The van der Waals surface area contributed by atoms with Crippen molar-refractivity contribution in [3.8, 4) is 0 Å². The fourth-order valence-corrected chi connectivity index (χ4v) is 6.97. The Hall–Kier alpha value is -0.0800. The Morgan fingerprint density at radius 3 is 0.837 bits per heavy atom. The van der Waals surface area contributed by atoms with Gasteiger partial charge in [0.1, 0.15) is 0 Å². The third-order valence-electron chi connectivity index (χ3n) is 9.93. The van der Waals surface area contributed by atoms with E-state index in [0.29, 0.717) is 5.92 Å². The van der Waals surface area contributed by atoms with E-state index in [2.05, 4.69) is 32.8 Å². The lowest BCUT2D eigenvalue weighted by molar-refractivity contribution is 0.0737. The molecule has 0 aromatic rings. The van der Waals surface area contributed by atoms with Gasteiger partial charge in [0.25, 0.3) is 0 Å². The minimum atomic E-state index is -0.106. The van der Waals surface area contributed by atoms with Crippen molar-refractivity contribution in [3.63, 3.8) is 0 Å². The van der Waals surface area contributed by atoms with E-state index in [1.165, 1.54) is 212 Å². The van der Waals surface area contributed by atoms with E-state index in [-0.39, 0.29) is 6.10 Å². The van der Waals surface area contributed by atoms with Crippen LogP contribution >= 0.6 is 0 Å². The number of aliphatic hydroxyl groups is 1. The molecule has 0 aromatic heterocycles. The van der Waals surface area contributed by atoms with E-state index < -0.39 is 0 Å². The number of aliphatic hydroxyl groups excluding tert-OH is 1. The number of hydrogen-bond donors (Lipinski definition) is 1. The molecule has 0 saturated carbocycles. The minimum Gasteiger partial charge on any atom is -0.393 e. The molecule has 2 unspecified atom stereocenters. The Morgan fingerprint density at radius 2 is 0.581 bits per heavy atom. The quantitative estimate of drug-likeness (QED) is 0.0710. The summed E-state index contributed by atoms with van der Waals surface area (Å²) in [5, 5.41) is 11.0. The first kappa shape index (κ1) is 42.9. The molecule has 0 aliphatic carbocycles. The molecule has 0 rings (SSSR count). The van der Waals surface area contributed by atoms with Gasteiger partial charge in [-0.25, -0.2) is 0 Å². The van der Waals surface area contributed by atoms with Crippen molar-refractivity contribution in [3.05, 3.63) is 0 Å². The Kier molecular flexibility index (Phi) is 36.3. The number of hydrogen-bond acceptors (Lipinski definition) is 2. The van der Waals surface area contributed by atoms with E-state index in [1.807, 2.05) is 0 Å². The molecule has 0 amide bonds. The molecule has 2 nitrogen and oxygen atoms in total. The molecule has 260 valence electrons. The molecule has 43 heavy (non-hydrogen) atoms. The van der Waals surface area contributed by atoms with Crippen LogP contribution in [0.15, 0.2) is 0 Å². The SMILES string of the molecule is CCCCCCCCCCCCCCCCCCC(O)C(CCCCCCCCCCCCCCCCCC)CN(C)C. The molecule has 0 aromatic carbocycles. The maximum Gasteiger partial charge on any atom is 0.0580 e. The van der Waals surface area contributed by atoms with Crippen molar-refractivity contribution in [2.45, 2.75) is 238 Å². The first-order valence-electron chi connectivity index (χ1n) is 20.4. The summed E-state index contributed by atoms with van der Waals surface area (Å²) < 4.78 is 0. The van der Waals surface area contributed by atoms with E-state index in [1.54, 1.807) is 0 Å². The summed E-state index contributed by atoms with van der Waals surface area (Å²) in [6, 6.07) is 0. The maximum absolute atomic E-state index is 11.0. The molecular weight excluding hydrogens is 522 g/mol. The monoisotopic (exact) mass is 608 g/mol. The van der Waals surface area contributed by atoms with Gasteiger partial charge in [0.2, 0.25) is 0 Å². The molecule has 2 atom stereocenters. The van der Waals surface area contributed by atoms with Gasteiger partial charge in [-0.3, -0.25) is 0 Å². The lowest BCUT2D eigenvalue weighted by Gasteiger charge is -2.26. The summed E-state index contributed by atoms with van der Waals surface area (Å²) in [6.07, 6.45) is 47.5. The zero-order valence-electron chi connectivity index (χ0n) is 30.8. The van der Waals surface area contributed by atoms with E-state index >= 15 is 0 Å². The van der Waals surface area contributed by atoms with Crippen LogP contribution in [0.2, 0.25) is 0 Å².